The van der Waals surface area contributed by atoms with Crippen LogP contribution in [0.4, 0.5) is 0 Å². The molecule has 0 atom stereocenters. The van der Waals surface area contributed by atoms with E-state index in [9.17, 15) is 4.79 Å². The van der Waals surface area contributed by atoms with Crippen LogP contribution in [0.2, 0.25) is 0 Å². The lowest BCUT2D eigenvalue weighted by Crippen LogP contribution is -2.60. The average Bonchev–Trinajstić information content (AvgIpc) is 2.26. The summed E-state index contributed by atoms with van der Waals surface area (Å²) in [6, 6.07) is 0. The Labute approximate surface area is 115 Å². The third-order valence-corrected chi connectivity index (χ3v) is 4.10. The second kappa shape index (κ2) is 5.13. The maximum atomic E-state index is 12.2. The zero-order chi connectivity index (χ0) is 14.1. The van der Waals surface area contributed by atoms with Gasteiger partial charge in [-0.05, 0) is 13.8 Å². The van der Waals surface area contributed by atoms with Crippen molar-refractivity contribution in [3.63, 3.8) is 0 Å². The van der Waals surface area contributed by atoms with Gasteiger partial charge in [0.1, 0.15) is 0 Å². The molecule has 0 aromatic heterocycles. The lowest BCUT2D eigenvalue weighted by atomic mass is 9.94. The normalized spacial score (nSPS) is 18.8. The molecule has 1 aliphatic heterocycles. The van der Waals surface area contributed by atoms with Crippen LogP contribution in [0.5, 0.6) is 0 Å². The van der Waals surface area contributed by atoms with E-state index < -0.39 is 0 Å². The minimum absolute atomic E-state index is 0.218. The Morgan fingerprint density at radius 1 is 1.06 bits per heavy atom. The monoisotopic (exact) mass is 271 g/mol. The summed E-state index contributed by atoms with van der Waals surface area (Å²) in [5.74, 6) is 0.218. The molecule has 1 amide bonds. The lowest BCUT2D eigenvalue weighted by molar-refractivity contribution is -0.141. The molecule has 18 heavy (non-hydrogen) atoms. The van der Waals surface area contributed by atoms with Crippen molar-refractivity contribution in [1.82, 2.24) is 9.80 Å². The third-order valence-electron chi connectivity index (χ3n) is 3.60. The van der Waals surface area contributed by atoms with Crippen molar-refractivity contribution < 1.29 is 4.79 Å². The number of amides is 1. The first-order valence-electron chi connectivity index (χ1n) is 6.41. The van der Waals surface area contributed by atoms with Gasteiger partial charge in [0.25, 0.3) is 0 Å². The van der Waals surface area contributed by atoms with Crippen molar-refractivity contribution in [1.29, 1.82) is 0 Å². The van der Waals surface area contributed by atoms with Crippen molar-refractivity contribution in [2.75, 3.05) is 26.2 Å². The second-order valence-corrected chi connectivity index (χ2v) is 6.89. The van der Waals surface area contributed by atoms with E-state index in [0.29, 0.717) is 4.99 Å². The molecule has 0 unspecified atom stereocenters. The van der Waals surface area contributed by atoms with Gasteiger partial charge in [0.05, 0.1) is 10.5 Å². The van der Waals surface area contributed by atoms with E-state index in [1.807, 2.05) is 39.5 Å². The van der Waals surface area contributed by atoms with E-state index in [1.54, 1.807) is 0 Å². The van der Waals surface area contributed by atoms with Gasteiger partial charge < -0.3 is 10.6 Å². The van der Waals surface area contributed by atoms with E-state index >= 15 is 0 Å². The van der Waals surface area contributed by atoms with Gasteiger partial charge >= 0.3 is 0 Å². The molecule has 0 bridgehead atoms. The molecule has 0 aromatic carbocycles. The molecule has 2 N–H and O–H groups in total. The summed E-state index contributed by atoms with van der Waals surface area (Å²) >= 11 is 5.11. The van der Waals surface area contributed by atoms with Crippen LogP contribution >= 0.6 is 12.2 Å². The van der Waals surface area contributed by atoms with Crippen LogP contribution < -0.4 is 5.73 Å². The van der Waals surface area contributed by atoms with E-state index in [1.165, 1.54) is 0 Å². The largest absolute Gasteiger partial charge is 0.392 e. The van der Waals surface area contributed by atoms with Crippen LogP contribution in [-0.4, -0.2) is 52.4 Å². The smallest absolute Gasteiger partial charge is 0.228 e. The Balaban J connectivity index is 2.62. The van der Waals surface area contributed by atoms with Crippen molar-refractivity contribution >= 4 is 23.1 Å². The average molecular weight is 271 g/mol. The van der Waals surface area contributed by atoms with E-state index in [2.05, 4.69) is 4.90 Å². The molecular formula is C13H25N3OS. The van der Waals surface area contributed by atoms with E-state index in [-0.39, 0.29) is 16.9 Å². The number of rotatable bonds is 2. The summed E-state index contributed by atoms with van der Waals surface area (Å²) < 4.78 is 0. The van der Waals surface area contributed by atoms with E-state index in [4.69, 9.17) is 18.0 Å². The maximum absolute atomic E-state index is 12.2. The molecule has 4 nitrogen and oxygen atoms in total. The van der Waals surface area contributed by atoms with Gasteiger partial charge in [0.2, 0.25) is 5.91 Å². The molecule has 0 radical (unpaired) electrons. The molecule has 5 heteroatoms. The Morgan fingerprint density at radius 2 is 1.50 bits per heavy atom. The number of piperazine rings is 1. The highest BCUT2D eigenvalue weighted by Gasteiger charge is 2.35. The Bertz CT molecular complexity index is 339. The van der Waals surface area contributed by atoms with Gasteiger partial charge in [0.15, 0.2) is 0 Å². The van der Waals surface area contributed by atoms with Crippen molar-refractivity contribution in [2.45, 2.75) is 40.2 Å². The predicted octanol–water partition coefficient (Wildman–Crippen LogP) is 1.24. The zero-order valence-electron chi connectivity index (χ0n) is 12.1. The van der Waals surface area contributed by atoms with Crippen LogP contribution in [0, 0.1) is 5.41 Å². The highest BCUT2D eigenvalue weighted by Crippen LogP contribution is 2.21. The van der Waals surface area contributed by atoms with Crippen LogP contribution in [0.25, 0.3) is 0 Å². The van der Waals surface area contributed by atoms with Gasteiger partial charge in [-0.25, -0.2) is 0 Å². The Morgan fingerprint density at radius 3 is 1.83 bits per heavy atom. The number of carbonyl (C=O) groups is 1. The minimum Gasteiger partial charge on any atom is -0.392 e. The van der Waals surface area contributed by atoms with Gasteiger partial charge in [-0.1, -0.05) is 33.0 Å². The molecule has 1 fully saturated rings. The molecule has 1 rings (SSSR count). The standard InChI is InChI=1S/C13H25N3OS/c1-12(2,3)11(17)15-6-8-16(9-7-15)13(4,5)10(14)18/h6-9H2,1-5H3,(H2,14,18). The third kappa shape index (κ3) is 3.20. The number of thiocarbonyl (C=S) groups is 1. The number of carbonyl (C=O) groups excluding carboxylic acids is 1. The van der Waals surface area contributed by atoms with Gasteiger partial charge in [0, 0.05) is 31.6 Å². The quantitative estimate of drug-likeness (QED) is 0.768. The summed E-state index contributed by atoms with van der Waals surface area (Å²) in [6.45, 7) is 13.1. The molecule has 0 spiro atoms. The van der Waals surface area contributed by atoms with Crippen molar-refractivity contribution in [3.05, 3.63) is 0 Å². The number of nitrogens with zero attached hydrogens (tertiary/aromatic N) is 2. The molecule has 104 valence electrons. The molecular weight excluding hydrogens is 246 g/mol. The molecule has 1 saturated heterocycles. The molecule has 0 aromatic rings. The fraction of sp³-hybridized carbons (Fsp3) is 0.846. The van der Waals surface area contributed by atoms with Crippen molar-refractivity contribution in [2.24, 2.45) is 11.1 Å². The first-order valence-corrected chi connectivity index (χ1v) is 6.82. The minimum atomic E-state index is -0.305. The number of hydrogen-bond acceptors (Lipinski definition) is 3. The highest BCUT2D eigenvalue weighted by atomic mass is 32.1. The fourth-order valence-electron chi connectivity index (χ4n) is 2.10. The molecule has 0 aliphatic carbocycles. The lowest BCUT2D eigenvalue weighted by Gasteiger charge is -2.44. The van der Waals surface area contributed by atoms with Gasteiger partial charge in [-0.3, -0.25) is 9.69 Å². The number of nitrogens with two attached hydrogens (primary N) is 1. The van der Waals surface area contributed by atoms with Gasteiger partial charge in [-0.15, -0.1) is 0 Å². The molecule has 1 aliphatic rings. The van der Waals surface area contributed by atoms with Crippen LogP contribution in [0.15, 0.2) is 0 Å². The van der Waals surface area contributed by atoms with Crippen LogP contribution in [-0.2, 0) is 4.79 Å². The zero-order valence-corrected chi connectivity index (χ0v) is 12.9. The molecule has 0 saturated carbocycles. The van der Waals surface area contributed by atoms with Crippen LogP contribution in [0.3, 0.4) is 0 Å². The summed E-state index contributed by atoms with van der Waals surface area (Å²) in [5.41, 5.74) is 5.20. The SMILES string of the molecule is CC(C)(C)C(=O)N1CCN(C(C)(C)C(N)=S)CC1. The summed E-state index contributed by atoms with van der Waals surface area (Å²) in [6.07, 6.45) is 0. The predicted molar refractivity (Wildman–Crippen MR) is 78.5 cm³/mol. The van der Waals surface area contributed by atoms with Gasteiger partial charge in [-0.2, -0.15) is 0 Å². The summed E-state index contributed by atoms with van der Waals surface area (Å²) in [4.78, 5) is 16.9. The van der Waals surface area contributed by atoms with Crippen molar-refractivity contribution in [3.8, 4) is 0 Å². The summed E-state index contributed by atoms with van der Waals surface area (Å²) in [5, 5.41) is 0. The Hall–Kier alpha value is -0.680. The summed E-state index contributed by atoms with van der Waals surface area (Å²) in [7, 11) is 0. The topological polar surface area (TPSA) is 49.6 Å². The Kier molecular flexibility index (Phi) is 4.38. The number of hydrogen-bond donors (Lipinski definition) is 1. The first-order chi connectivity index (χ1) is 8.06. The molecule has 1 heterocycles. The highest BCUT2D eigenvalue weighted by molar-refractivity contribution is 7.80. The fourth-order valence-corrected chi connectivity index (χ4v) is 2.23. The second-order valence-electron chi connectivity index (χ2n) is 6.45. The maximum Gasteiger partial charge on any atom is 0.228 e. The first kappa shape index (κ1) is 15.4. The van der Waals surface area contributed by atoms with Crippen LogP contribution in [0.1, 0.15) is 34.6 Å². The van der Waals surface area contributed by atoms with E-state index in [0.717, 1.165) is 26.2 Å².